The van der Waals surface area contributed by atoms with E-state index in [2.05, 4.69) is 23.3 Å². The lowest BCUT2D eigenvalue weighted by molar-refractivity contribution is -0.126. The van der Waals surface area contributed by atoms with Crippen LogP contribution in [0.2, 0.25) is 0 Å². The minimum atomic E-state index is -0.713. The van der Waals surface area contributed by atoms with Gasteiger partial charge in [-0.3, -0.25) is 9.59 Å². The molecule has 0 atom stereocenters. The van der Waals surface area contributed by atoms with Gasteiger partial charge in [0.1, 0.15) is 16.8 Å². The summed E-state index contributed by atoms with van der Waals surface area (Å²) in [5, 5.41) is 14.6. The lowest BCUT2D eigenvalue weighted by Crippen LogP contribution is -2.52. The molecule has 0 unspecified atom stereocenters. The van der Waals surface area contributed by atoms with Gasteiger partial charge in [0.2, 0.25) is 0 Å². The number of rotatable bonds is 3. The molecule has 7 nitrogen and oxygen atoms in total. The van der Waals surface area contributed by atoms with Crippen LogP contribution in [-0.2, 0) is 14.3 Å². The topological polar surface area (TPSA) is 90.9 Å². The van der Waals surface area contributed by atoms with Gasteiger partial charge in [-0.05, 0) is 24.4 Å². The largest absolute Gasteiger partial charge is 0.508 e. The molecule has 2 aliphatic heterocycles. The van der Waals surface area contributed by atoms with Crippen molar-refractivity contribution in [3.63, 3.8) is 0 Å². The number of hydrogen-bond donors (Lipinski definition) is 4. The molecule has 0 radical (unpaired) electrons. The van der Waals surface area contributed by atoms with Crippen LogP contribution in [0.5, 0.6) is 0 Å². The van der Waals surface area contributed by atoms with Crippen molar-refractivity contribution in [2.45, 2.75) is 5.50 Å². The fourth-order valence-electron chi connectivity index (χ4n) is 1.86. The van der Waals surface area contributed by atoms with E-state index < -0.39 is 17.3 Å². The fourth-order valence-corrected chi connectivity index (χ4v) is 2.09. The van der Waals surface area contributed by atoms with Gasteiger partial charge >= 0.3 is 0 Å². The maximum Gasteiger partial charge on any atom is 0.259 e. The standard InChI is InChI=1S/C13H17N3O4S/c17-9(2-1-3-16-4-6-20-7-5-16)8-10-11(18)14-13(21)15-12(10)19/h1-3,8,13,17,21H,4-7H2,(H,14,18)(H,15,19)/b3-1+,9-2-,10-8?. The van der Waals surface area contributed by atoms with Crippen molar-refractivity contribution >= 4 is 24.4 Å². The quantitative estimate of drug-likeness (QED) is 0.188. The highest BCUT2D eigenvalue weighted by Crippen LogP contribution is 2.07. The molecule has 0 aromatic rings. The van der Waals surface area contributed by atoms with Gasteiger partial charge in [0.05, 0.1) is 13.2 Å². The third-order valence-electron chi connectivity index (χ3n) is 2.93. The lowest BCUT2D eigenvalue weighted by atomic mass is 10.1. The monoisotopic (exact) mass is 311 g/mol. The summed E-state index contributed by atoms with van der Waals surface area (Å²) in [5.41, 5.74) is -0.872. The molecular weight excluding hydrogens is 294 g/mol. The normalized spacial score (nSPS) is 24.0. The number of morpholine rings is 1. The van der Waals surface area contributed by atoms with E-state index in [-0.39, 0.29) is 11.3 Å². The predicted molar refractivity (Wildman–Crippen MR) is 79.4 cm³/mol. The number of amides is 2. The Balaban J connectivity index is 1.98. The maximum absolute atomic E-state index is 11.6. The van der Waals surface area contributed by atoms with Crippen molar-refractivity contribution in [3.8, 4) is 0 Å². The van der Waals surface area contributed by atoms with E-state index in [1.807, 2.05) is 11.1 Å². The van der Waals surface area contributed by atoms with E-state index in [0.717, 1.165) is 19.2 Å². The average Bonchev–Trinajstić information content (AvgIpc) is 2.44. The summed E-state index contributed by atoms with van der Waals surface area (Å²) < 4.78 is 5.21. The molecule has 2 amide bonds. The van der Waals surface area contributed by atoms with Crippen LogP contribution < -0.4 is 10.6 Å². The first-order valence-electron chi connectivity index (χ1n) is 6.47. The summed E-state index contributed by atoms with van der Waals surface area (Å²) in [6.07, 6.45) is 6.00. The first-order valence-corrected chi connectivity index (χ1v) is 6.98. The number of ether oxygens (including phenoxy) is 1. The van der Waals surface area contributed by atoms with E-state index in [9.17, 15) is 14.7 Å². The van der Waals surface area contributed by atoms with Crippen LogP contribution in [0, 0.1) is 0 Å². The molecule has 21 heavy (non-hydrogen) atoms. The van der Waals surface area contributed by atoms with Gasteiger partial charge in [-0.2, -0.15) is 0 Å². The molecule has 0 saturated carbocycles. The number of nitrogens with zero attached hydrogens (tertiary/aromatic N) is 1. The summed E-state index contributed by atoms with van der Waals surface area (Å²) in [5.74, 6) is -1.33. The van der Waals surface area contributed by atoms with Crippen molar-refractivity contribution in [3.05, 3.63) is 35.8 Å². The Kier molecular flexibility index (Phi) is 5.29. The molecule has 0 aromatic carbocycles. The molecule has 0 spiro atoms. The van der Waals surface area contributed by atoms with Gasteiger partial charge in [0.15, 0.2) is 0 Å². The van der Waals surface area contributed by atoms with Crippen molar-refractivity contribution in [1.82, 2.24) is 15.5 Å². The Morgan fingerprint density at radius 3 is 2.52 bits per heavy atom. The van der Waals surface area contributed by atoms with Crippen molar-refractivity contribution in [2.75, 3.05) is 26.3 Å². The van der Waals surface area contributed by atoms with Crippen LogP contribution in [0.1, 0.15) is 0 Å². The van der Waals surface area contributed by atoms with Gasteiger partial charge in [0.25, 0.3) is 11.8 Å². The summed E-state index contributed by atoms with van der Waals surface area (Å²) >= 11 is 3.93. The van der Waals surface area contributed by atoms with Crippen LogP contribution in [0.15, 0.2) is 35.8 Å². The second-order valence-corrected chi connectivity index (χ2v) is 5.01. The van der Waals surface area contributed by atoms with Crippen LogP contribution in [0.3, 0.4) is 0 Å². The maximum atomic E-state index is 11.6. The van der Waals surface area contributed by atoms with Gasteiger partial charge < -0.3 is 25.4 Å². The molecule has 3 N–H and O–H groups in total. The number of hydrogen-bond acceptors (Lipinski definition) is 6. The van der Waals surface area contributed by atoms with Crippen LogP contribution in [-0.4, -0.2) is 53.6 Å². The minimum Gasteiger partial charge on any atom is -0.508 e. The van der Waals surface area contributed by atoms with Crippen LogP contribution in [0.4, 0.5) is 0 Å². The Morgan fingerprint density at radius 1 is 1.29 bits per heavy atom. The summed E-state index contributed by atoms with van der Waals surface area (Å²) in [6, 6.07) is 0. The molecule has 2 fully saturated rings. The Labute approximate surface area is 127 Å². The van der Waals surface area contributed by atoms with E-state index in [4.69, 9.17) is 4.74 Å². The second kappa shape index (κ2) is 7.19. The van der Waals surface area contributed by atoms with Gasteiger partial charge in [-0.25, -0.2) is 0 Å². The third kappa shape index (κ3) is 4.54. The van der Waals surface area contributed by atoms with Crippen LogP contribution >= 0.6 is 12.6 Å². The minimum absolute atomic E-state index is 0.158. The molecule has 0 bridgehead atoms. The summed E-state index contributed by atoms with van der Waals surface area (Å²) in [7, 11) is 0. The molecule has 0 aromatic heterocycles. The van der Waals surface area contributed by atoms with Crippen LogP contribution in [0.25, 0.3) is 0 Å². The lowest BCUT2D eigenvalue weighted by Gasteiger charge is -2.24. The SMILES string of the molecule is O=C1NC(S)NC(=O)C1=C/C(O)=C/C=C/N1CCOCC1. The molecule has 2 heterocycles. The van der Waals surface area contributed by atoms with E-state index in [1.54, 1.807) is 6.08 Å². The van der Waals surface area contributed by atoms with Crippen molar-refractivity contribution < 1.29 is 19.4 Å². The number of carbonyl (C=O) groups is 2. The number of nitrogens with one attached hydrogen (secondary N) is 2. The van der Waals surface area contributed by atoms with E-state index in [0.29, 0.717) is 13.2 Å². The fraction of sp³-hybridized carbons (Fsp3) is 0.385. The molecule has 2 aliphatic rings. The Hall–Kier alpha value is -1.93. The van der Waals surface area contributed by atoms with E-state index >= 15 is 0 Å². The first kappa shape index (κ1) is 15.5. The molecule has 2 saturated heterocycles. The van der Waals surface area contributed by atoms with Crippen molar-refractivity contribution in [2.24, 2.45) is 0 Å². The molecular formula is C13H17N3O4S. The number of thiol groups is 1. The van der Waals surface area contributed by atoms with Crippen molar-refractivity contribution in [1.29, 1.82) is 0 Å². The third-order valence-corrected chi connectivity index (χ3v) is 3.18. The highest BCUT2D eigenvalue weighted by atomic mass is 32.1. The zero-order valence-electron chi connectivity index (χ0n) is 11.3. The number of aliphatic hydroxyl groups is 1. The van der Waals surface area contributed by atoms with Gasteiger partial charge in [-0.1, -0.05) is 0 Å². The predicted octanol–water partition coefficient (Wildman–Crippen LogP) is -0.340. The molecule has 0 aliphatic carbocycles. The zero-order chi connectivity index (χ0) is 15.2. The smallest absolute Gasteiger partial charge is 0.259 e. The summed E-state index contributed by atoms with van der Waals surface area (Å²) in [6.45, 7) is 2.94. The van der Waals surface area contributed by atoms with Gasteiger partial charge in [0, 0.05) is 13.1 Å². The molecule has 8 heteroatoms. The summed E-state index contributed by atoms with van der Waals surface area (Å²) in [4.78, 5) is 25.3. The number of aliphatic hydroxyl groups excluding tert-OH is 1. The van der Waals surface area contributed by atoms with Gasteiger partial charge in [-0.15, -0.1) is 12.6 Å². The Bertz CT molecular complexity index is 490. The highest BCUT2D eigenvalue weighted by Gasteiger charge is 2.27. The molecule has 2 rings (SSSR count). The van der Waals surface area contributed by atoms with E-state index in [1.165, 1.54) is 6.08 Å². The zero-order valence-corrected chi connectivity index (χ0v) is 12.2. The number of carbonyl (C=O) groups excluding carboxylic acids is 2. The first-order chi connectivity index (χ1) is 10.1. The second-order valence-electron chi connectivity index (χ2n) is 4.49. The highest BCUT2D eigenvalue weighted by molar-refractivity contribution is 7.80. The number of allylic oxidation sites excluding steroid dienone is 3. The Morgan fingerprint density at radius 2 is 1.90 bits per heavy atom. The average molecular weight is 311 g/mol. The molecule has 114 valence electrons.